The summed E-state index contributed by atoms with van der Waals surface area (Å²) in [4.78, 5) is 0.957. The molecule has 1 heterocycles. The van der Waals surface area contributed by atoms with E-state index in [1.807, 2.05) is 23.6 Å². The molecule has 0 aliphatic heterocycles. The minimum atomic E-state index is -3.59. The Hall–Kier alpha value is -1.21. The van der Waals surface area contributed by atoms with E-state index < -0.39 is 16.1 Å². The van der Waals surface area contributed by atoms with Crippen molar-refractivity contribution >= 4 is 21.4 Å². The van der Waals surface area contributed by atoms with Gasteiger partial charge in [0.25, 0.3) is 0 Å². The maximum atomic E-state index is 12.2. The molecule has 1 unspecified atom stereocenters. The molecule has 0 saturated heterocycles. The van der Waals surface area contributed by atoms with Gasteiger partial charge in [0.1, 0.15) is 6.10 Å². The van der Waals surface area contributed by atoms with E-state index >= 15 is 0 Å². The van der Waals surface area contributed by atoms with Crippen LogP contribution in [0.1, 0.15) is 36.3 Å². The zero-order valence-electron chi connectivity index (χ0n) is 12.0. The summed E-state index contributed by atoms with van der Waals surface area (Å²) < 4.78 is 26.8. The van der Waals surface area contributed by atoms with E-state index in [-0.39, 0.29) is 11.4 Å². The van der Waals surface area contributed by atoms with Crippen LogP contribution in [0, 0.1) is 0 Å². The van der Waals surface area contributed by atoms with Crippen molar-refractivity contribution in [2.24, 2.45) is 0 Å². The molecule has 0 amide bonds. The van der Waals surface area contributed by atoms with Gasteiger partial charge in [-0.3, -0.25) is 0 Å². The number of benzene rings is 1. The van der Waals surface area contributed by atoms with Gasteiger partial charge >= 0.3 is 0 Å². The van der Waals surface area contributed by atoms with Crippen LogP contribution in [0.15, 0.2) is 46.7 Å². The van der Waals surface area contributed by atoms with Crippen molar-refractivity contribution in [3.63, 3.8) is 0 Å². The van der Waals surface area contributed by atoms with Crippen LogP contribution in [0.4, 0.5) is 0 Å². The Kier molecular flexibility index (Phi) is 5.16. The Morgan fingerprint density at radius 1 is 1.19 bits per heavy atom. The summed E-state index contributed by atoms with van der Waals surface area (Å²) in [5.74, 6) is 0.357. The number of hydrogen-bond donors (Lipinski definition) is 2. The maximum absolute atomic E-state index is 12.2. The van der Waals surface area contributed by atoms with Crippen LogP contribution >= 0.6 is 11.3 Å². The van der Waals surface area contributed by atoms with Crippen LogP contribution in [0.3, 0.4) is 0 Å². The highest BCUT2D eigenvalue weighted by molar-refractivity contribution is 7.89. The summed E-state index contributed by atoms with van der Waals surface area (Å²) in [7, 11) is -3.59. The van der Waals surface area contributed by atoms with Crippen LogP contribution < -0.4 is 4.72 Å². The molecular formula is C15H19NO3S2. The summed E-state index contributed by atoms with van der Waals surface area (Å²) >= 11 is 1.40. The van der Waals surface area contributed by atoms with Crippen LogP contribution in [-0.2, 0) is 10.0 Å². The Bertz CT molecular complexity index is 661. The molecule has 2 aromatic rings. The fourth-order valence-corrected chi connectivity index (χ4v) is 3.64. The largest absolute Gasteiger partial charge is 0.386 e. The van der Waals surface area contributed by atoms with Gasteiger partial charge in [-0.25, -0.2) is 13.1 Å². The number of hydrogen-bond acceptors (Lipinski definition) is 4. The minimum absolute atomic E-state index is 0.0330. The summed E-state index contributed by atoms with van der Waals surface area (Å²) in [6.07, 6.45) is -0.824. The highest BCUT2D eigenvalue weighted by Crippen LogP contribution is 2.20. The standard InChI is InChI=1S/C15H19NO3S2/c1-11(2)12-5-7-13(8-6-12)21(18,19)16-10-14(17)15-4-3-9-20-15/h3-9,11,14,16-17H,10H2,1-2H3. The third-order valence-corrected chi connectivity index (χ3v) is 5.61. The van der Waals surface area contributed by atoms with Gasteiger partial charge in [0.15, 0.2) is 0 Å². The summed E-state index contributed by atoms with van der Waals surface area (Å²) in [5.41, 5.74) is 1.09. The lowest BCUT2D eigenvalue weighted by molar-refractivity contribution is 0.186. The van der Waals surface area contributed by atoms with E-state index in [1.165, 1.54) is 11.3 Å². The third-order valence-electron chi connectivity index (χ3n) is 3.20. The van der Waals surface area contributed by atoms with E-state index in [0.29, 0.717) is 5.92 Å². The molecule has 6 heteroatoms. The molecule has 0 aliphatic carbocycles. The van der Waals surface area contributed by atoms with E-state index in [4.69, 9.17) is 0 Å². The second-order valence-electron chi connectivity index (χ2n) is 5.11. The van der Waals surface area contributed by atoms with Crippen molar-refractivity contribution in [3.05, 3.63) is 52.2 Å². The maximum Gasteiger partial charge on any atom is 0.240 e. The molecule has 21 heavy (non-hydrogen) atoms. The second-order valence-corrected chi connectivity index (χ2v) is 7.85. The number of nitrogens with one attached hydrogen (secondary N) is 1. The van der Waals surface area contributed by atoms with Gasteiger partial charge < -0.3 is 5.11 Å². The average molecular weight is 325 g/mol. The molecule has 4 nitrogen and oxygen atoms in total. The molecule has 0 radical (unpaired) electrons. The first-order chi connectivity index (χ1) is 9.90. The van der Waals surface area contributed by atoms with E-state index in [2.05, 4.69) is 18.6 Å². The topological polar surface area (TPSA) is 66.4 Å². The Morgan fingerprint density at radius 2 is 1.86 bits per heavy atom. The van der Waals surface area contributed by atoms with Crippen LogP contribution in [0.5, 0.6) is 0 Å². The van der Waals surface area contributed by atoms with Gasteiger partial charge in [-0.2, -0.15) is 0 Å². The first-order valence-electron chi connectivity index (χ1n) is 6.71. The summed E-state index contributed by atoms with van der Waals surface area (Å²) in [5, 5.41) is 11.8. The average Bonchev–Trinajstić information content (AvgIpc) is 2.99. The van der Waals surface area contributed by atoms with Gasteiger partial charge in [-0.15, -0.1) is 11.3 Å². The molecule has 0 aliphatic rings. The second kappa shape index (κ2) is 6.70. The number of thiophene rings is 1. The van der Waals surface area contributed by atoms with Crippen molar-refractivity contribution in [2.75, 3.05) is 6.54 Å². The zero-order chi connectivity index (χ0) is 15.5. The Morgan fingerprint density at radius 3 is 2.38 bits per heavy atom. The van der Waals surface area contributed by atoms with Gasteiger partial charge in [-0.1, -0.05) is 32.0 Å². The number of aliphatic hydroxyl groups is 1. The van der Waals surface area contributed by atoms with Crippen molar-refractivity contribution in [1.29, 1.82) is 0 Å². The molecule has 1 aromatic carbocycles. The third kappa shape index (κ3) is 4.14. The molecule has 0 bridgehead atoms. The van der Waals surface area contributed by atoms with E-state index in [0.717, 1.165) is 10.4 Å². The number of rotatable bonds is 6. The minimum Gasteiger partial charge on any atom is -0.386 e. The van der Waals surface area contributed by atoms with Gasteiger partial charge in [-0.05, 0) is 35.1 Å². The molecule has 1 aromatic heterocycles. The predicted octanol–water partition coefficient (Wildman–Crippen LogP) is 2.88. The predicted molar refractivity (Wildman–Crippen MR) is 85.0 cm³/mol. The molecule has 114 valence electrons. The molecule has 1 atom stereocenters. The van der Waals surface area contributed by atoms with Crippen molar-refractivity contribution in [1.82, 2.24) is 4.72 Å². The first-order valence-corrected chi connectivity index (χ1v) is 9.07. The molecule has 0 saturated carbocycles. The summed E-state index contributed by atoms with van der Waals surface area (Å²) in [6.45, 7) is 4.08. The lowest BCUT2D eigenvalue weighted by atomic mass is 10.0. The quantitative estimate of drug-likeness (QED) is 0.858. The highest BCUT2D eigenvalue weighted by atomic mass is 32.2. The molecular weight excluding hydrogens is 306 g/mol. The molecule has 0 spiro atoms. The van der Waals surface area contributed by atoms with Gasteiger partial charge in [0.2, 0.25) is 10.0 Å². The molecule has 2 N–H and O–H groups in total. The van der Waals surface area contributed by atoms with Crippen molar-refractivity contribution in [2.45, 2.75) is 30.8 Å². The fraction of sp³-hybridized carbons (Fsp3) is 0.333. The highest BCUT2D eigenvalue weighted by Gasteiger charge is 2.17. The monoisotopic (exact) mass is 325 g/mol. The smallest absolute Gasteiger partial charge is 0.240 e. The van der Waals surface area contributed by atoms with Gasteiger partial charge in [0.05, 0.1) is 4.90 Å². The lowest BCUT2D eigenvalue weighted by Crippen LogP contribution is -2.28. The number of sulfonamides is 1. The fourth-order valence-electron chi connectivity index (χ4n) is 1.89. The van der Waals surface area contributed by atoms with Crippen LogP contribution in [0.25, 0.3) is 0 Å². The van der Waals surface area contributed by atoms with E-state index in [1.54, 1.807) is 18.2 Å². The Balaban J connectivity index is 2.04. The van der Waals surface area contributed by atoms with Crippen molar-refractivity contribution in [3.8, 4) is 0 Å². The Labute approximate surface area is 129 Å². The molecule has 2 rings (SSSR count). The van der Waals surface area contributed by atoms with Crippen LogP contribution in [-0.4, -0.2) is 20.1 Å². The van der Waals surface area contributed by atoms with Crippen molar-refractivity contribution < 1.29 is 13.5 Å². The van der Waals surface area contributed by atoms with Crippen LogP contribution in [0.2, 0.25) is 0 Å². The first kappa shape index (κ1) is 16.2. The lowest BCUT2D eigenvalue weighted by Gasteiger charge is -2.12. The SMILES string of the molecule is CC(C)c1ccc(S(=O)(=O)NCC(O)c2cccs2)cc1. The number of aliphatic hydroxyl groups excluding tert-OH is 1. The summed E-state index contributed by atoms with van der Waals surface area (Å²) in [6, 6.07) is 10.4. The van der Waals surface area contributed by atoms with Gasteiger partial charge in [0, 0.05) is 11.4 Å². The normalized spacial score (nSPS) is 13.5. The zero-order valence-corrected chi connectivity index (χ0v) is 13.6. The van der Waals surface area contributed by atoms with E-state index in [9.17, 15) is 13.5 Å². The molecule has 0 fully saturated rings.